The molecule has 0 amide bonds. The zero-order valence-corrected chi connectivity index (χ0v) is 10.0. The maximum absolute atomic E-state index is 5.39. The lowest BCUT2D eigenvalue weighted by Crippen LogP contribution is -3.08. The molecule has 1 heterocycles. The summed E-state index contributed by atoms with van der Waals surface area (Å²) in [5, 5.41) is 0. The Morgan fingerprint density at radius 2 is 2.25 bits per heavy atom. The van der Waals surface area contributed by atoms with Crippen molar-refractivity contribution in [3.8, 4) is 5.75 Å². The second-order valence-corrected chi connectivity index (χ2v) is 4.73. The number of ether oxygens (including phenoxy) is 1. The van der Waals surface area contributed by atoms with E-state index >= 15 is 0 Å². The third-order valence-electron chi connectivity index (χ3n) is 3.42. The highest BCUT2D eigenvalue weighted by molar-refractivity contribution is 5.33. The summed E-state index contributed by atoms with van der Waals surface area (Å²) in [6.45, 7) is 2.42. The van der Waals surface area contributed by atoms with E-state index in [0.717, 1.165) is 18.1 Å². The number of likely N-dealkylation sites (tertiary alicyclic amines) is 1. The van der Waals surface area contributed by atoms with Crippen LogP contribution in [0, 0.1) is 13.0 Å². The molecule has 0 aromatic heterocycles. The highest BCUT2D eigenvalue weighted by Crippen LogP contribution is 2.22. The third-order valence-corrected chi connectivity index (χ3v) is 3.42. The largest absolute Gasteiger partial charge is 0.496 e. The molecule has 1 fully saturated rings. The van der Waals surface area contributed by atoms with Crippen LogP contribution in [0.4, 0.5) is 0 Å². The maximum Gasteiger partial charge on any atom is 0.122 e. The molecule has 16 heavy (non-hydrogen) atoms. The molecular weight excluding hydrogens is 198 g/mol. The fraction of sp³-hybridized carbons (Fsp3) is 0.500. The summed E-state index contributed by atoms with van der Waals surface area (Å²) in [6.07, 6.45) is 3.76. The molecule has 1 aromatic carbocycles. The zero-order valence-electron chi connectivity index (χ0n) is 10.0. The molecule has 2 unspecified atom stereocenters. The highest BCUT2D eigenvalue weighted by atomic mass is 16.5. The van der Waals surface area contributed by atoms with Crippen molar-refractivity contribution in [2.24, 2.45) is 5.92 Å². The predicted molar refractivity (Wildman–Crippen MR) is 65.5 cm³/mol. The van der Waals surface area contributed by atoms with Crippen LogP contribution in [0.1, 0.15) is 18.4 Å². The van der Waals surface area contributed by atoms with Crippen LogP contribution in [-0.2, 0) is 6.42 Å². The minimum Gasteiger partial charge on any atom is -0.496 e. The number of hydrogen-bond donors (Lipinski definition) is 1. The van der Waals surface area contributed by atoms with Crippen LogP contribution in [0.3, 0.4) is 0 Å². The molecule has 1 aliphatic rings. The standard InChI is InChI=1S/C14H21NO/c1-15-9-5-6-12(11-15)10-13-7-3-4-8-14(13)16-2/h3-4,7-8,12,15H,1,5-6,9-11H2,2H3. The van der Waals surface area contributed by atoms with Gasteiger partial charge in [-0.05, 0) is 30.9 Å². The monoisotopic (exact) mass is 219 g/mol. The number of rotatable bonds is 3. The Kier molecular flexibility index (Phi) is 3.83. The van der Waals surface area contributed by atoms with Gasteiger partial charge in [-0.3, -0.25) is 0 Å². The van der Waals surface area contributed by atoms with Gasteiger partial charge in [-0.15, -0.1) is 0 Å². The van der Waals surface area contributed by atoms with Crippen LogP contribution in [0.15, 0.2) is 24.3 Å². The number of benzene rings is 1. The van der Waals surface area contributed by atoms with E-state index < -0.39 is 0 Å². The topological polar surface area (TPSA) is 13.7 Å². The summed E-state index contributed by atoms with van der Waals surface area (Å²) >= 11 is 0. The molecule has 0 aliphatic carbocycles. The van der Waals surface area contributed by atoms with Crippen molar-refractivity contribution >= 4 is 0 Å². The summed E-state index contributed by atoms with van der Waals surface area (Å²) in [5.74, 6) is 1.79. The number of piperidine rings is 1. The van der Waals surface area contributed by atoms with E-state index in [1.807, 2.05) is 12.1 Å². The lowest BCUT2D eigenvalue weighted by atomic mass is 9.91. The van der Waals surface area contributed by atoms with E-state index in [1.165, 1.54) is 36.4 Å². The molecule has 2 heteroatoms. The lowest BCUT2D eigenvalue weighted by molar-refractivity contribution is -0.863. The predicted octanol–water partition coefficient (Wildman–Crippen LogP) is 1.32. The average Bonchev–Trinajstić information content (AvgIpc) is 2.30. The van der Waals surface area contributed by atoms with E-state index in [2.05, 4.69) is 19.2 Å². The number of hydrogen-bond acceptors (Lipinski definition) is 1. The molecule has 2 atom stereocenters. The van der Waals surface area contributed by atoms with Crippen LogP contribution >= 0.6 is 0 Å². The van der Waals surface area contributed by atoms with Gasteiger partial charge >= 0.3 is 0 Å². The van der Waals surface area contributed by atoms with Gasteiger partial charge in [0.05, 0.1) is 20.2 Å². The Labute approximate surface area is 98.2 Å². The first-order valence-corrected chi connectivity index (χ1v) is 6.08. The number of quaternary nitrogens is 1. The molecular formula is C14H21NO. The fourth-order valence-corrected chi connectivity index (χ4v) is 2.61. The lowest BCUT2D eigenvalue weighted by Gasteiger charge is -2.32. The van der Waals surface area contributed by atoms with Crippen molar-refractivity contribution in [3.63, 3.8) is 0 Å². The van der Waals surface area contributed by atoms with Gasteiger partial charge < -0.3 is 9.64 Å². The van der Waals surface area contributed by atoms with Crippen molar-refractivity contribution in [1.29, 1.82) is 0 Å². The van der Waals surface area contributed by atoms with Crippen LogP contribution in [0.5, 0.6) is 5.75 Å². The SMILES string of the molecule is [CH2-][NH+]1CCCC(Cc2ccccc2OC)C1. The van der Waals surface area contributed by atoms with Crippen LogP contribution in [0.25, 0.3) is 0 Å². The minimum absolute atomic E-state index is 0.762. The van der Waals surface area contributed by atoms with Gasteiger partial charge in [0.1, 0.15) is 5.75 Å². The first kappa shape index (κ1) is 11.5. The fourth-order valence-electron chi connectivity index (χ4n) is 2.61. The Morgan fingerprint density at radius 1 is 1.44 bits per heavy atom. The van der Waals surface area contributed by atoms with E-state index in [1.54, 1.807) is 7.11 Å². The Balaban J connectivity index is 2.02. The van der Waals surface area contributed by atoms with Crippen molar-refractivity contribution in [3.05, 3.63) is 36.9 Å². The number of methoxy groups -OCH3 is 1. The first-order chi connectivity index (χ1) is 7.79. The molecule has 1 N–H and O–H groups in total. The molecule has 88 valence electrons. The molecule has 0 saturated carbocycles. The van der Waals surface area contributed by atoms with Crippen molar-refractivity contribution < 1.29 is 9.64 Å². The van der Waals surface area contributed by atoms with Gasteiger partial charge in [0.15, 0.2) is 0 Å². The second kappa shape index (κ2) is 5.35. The van der Waals surface area contributed by atoms with Gasteiger partial charge in [0, 0.05) is 5.92 Å². The zero-order chi connectivity index (χ0) is 11.4. The Bertz CT molecular complexity index is 337. The summed E-state index contributed by atoms with van der Waals surface area (Å²) in [6, 6.07) is 8.35. The van der Waals surface area contributed by atoms with Gasteiger partial charge in [0.25, 0.3) is 0 Å². The smallest absolute Gasteiger partial charge is 0.122 e. The molecule has 2 rings (SSSR count). The highest BCUT2D eigenvalue weighted by Gasteiger charge is 2.19. The van der Waals surface area contributed by atoms with Gasteiger partial charge in [-0.2, -0.15) is 7.05 Å². The summed E-state index contributed by atoms with van der Waals surface area (Å²) in [5.41, 5.74) is 1.34. The molecule has 0 bridgehead atoms. The first-order valence-electron chi connectivity index (χ1n) is 6.08. The molecule has 1 saturated heterocycles. The number of nitrogens with one attached hydrogen (secondary N) is 1. The molecule has 0 radical (unpaired) electrons. The summed E-state index contributed by atoms with van der Waals surface area (Å²) in [4.78, 5) is 1.42. The van der Waals surface area contributed by atoms with Crippen molar-refractivity contribution in [2.75, 3.05) is 20.2 Å². The van der Waals surface area contributed by atoms with E-state index in [0.29, 0.717) is 0 Å². The quantitative estimate of drug-likeness (QED) is 0.757. The van der Waals surface area contributed by atoms with Crippen molar-refractivity contribution in [1.82, 2.24) is 0 Å². The van der Waals surface area contributed by atoms with Crippen LogP contribution < -0.4 is 9.64 Å². The third kappa shape index (κ3) is 2.76. The minimum atomic E-state index is 0.762. The molecule has 0 spiro atoms. The molecule has 1 aromatic rings. The van der Waals surface area contributed by atoms with E-state index in [4.69, 9.17) is 4.74 Å². The molecule has 2 nitrogen and oxygen atoms in total. The van der Waals surface area contributed by atoms with E-state index in [-0.39, 0.29) is 0 Å². The van der Waals surface area contributed by atoms with Crippen molar-refractivity contribution in [2.45, 2.75) is 19.3 Å². The maximum atomic E-state index is 5.39. The van der Waals surface area contributed by atoms with Gasteiger partial charge in [-0.25, -0.2) is 0 Å². The Hall–Kier alpha value is -1.02. The van der Waals surface area contributed by atoms with Crippen LogP contribution in [0.2, 0.25) is 0 Å². The van der Waals surface area contributed by atoms with Crippen LogP contribution in [-0.4, -0.2) is 20.2 Å². The van der Waals surface area contributed by atoms with Gasteiger partial charge in [0.2, 0.25) is 0 Å². The normalized spacial score (nSPS) is 25.4. The second-order valence-electron chi connectivity index (χ2n) is 4.73. The van der Waals surface area contributed by atoms with E-state index in [9.17, 15) is 0 Å². The average molecular weight is 219 g/mol. The van der Waals surface area contributed by atoms with Gasteiger partial charge in [-0.1, -0.05) is 18.2 Å². The Morgan fingerprint density at radius 3 is 3.00 bits per heavy atom. The summed E-state index contributed by atoms with van der Waals surface area (Å²) < 4.78 is 5.39. The number of para-hydroxylation sites is 1. The summed E-state index contributed by atoms with van der Waals surface area (Å²) in [7, 11) is 5.87. The molecule has 1 aliphatic heterocycles.